The smallest absolute Gasteiger partial charge is 0.209 e. The molecule has 0 aliphatic heterocycles. The van der Waals surface area contributed by atoms with E-state index >= 15 is 0 Å². The van der Waals surface area contributed by atoms with Crippen LogP contribution in [0, 0.1) is 0 Å². The monoisotopic (exact) mass is 188 g/mol. The second-order valence-electron chi connectivity index (χ2n) is 1.69. The highest BCUT2D eigenvalue weighted by Crippen LogP contribution is 2.80. The molecule has 0 heterocycles. The molecule has 0 nitrogen and oxygen atoms in total. The van der Waals surface area contributed by atoms with Gasteiger partial charge >= 0.3 is 0 Å². The fourth-order valence-corrected chi connectivity index (χ4v) is 0.773. The molecule has 0 spiro atoms. The third-order valence-corrected chi connectivity index (χ3v) is 1.88. The summed E-state index contributed by atoms with van der Waals surface area (Å²) in [6.45, 7) is -1.50. The van der Waals surface area contributed by atoms with Crippen molar-refractivity contribution < 1.29 is 24.3 Å². The first kappa shape index (κ1) is 9.93. The van der Waals surface area contributed by atoms with Crippen molar-refractivity contribution in [1.29, 1.82) is 0 Å². The summed E-state index contributed by atoms with van der Waals surface area (Å²) >= 11 is 0. The Labute approximate surface area is 54.7 Å². The van der Waals surface area contributed by atoms with Crippen LogP contribution in [0.25, 0.3) is 0 Å². The lowest BCUT2D eigenvalue weighted by Gasteiger charge is -2.31. The molecule has 0 aromatic rings. The summed E-state index contributed by atoms with van der Waals surface area (Å²) < 4.78 is 67.7. The second-order valence-corrected chi connectivity index (χ2v) is 3.79. The first-order valence-corrected chi connectivity index (χ1v) is 4.20. The third kappa shape index (κ3) is 3.19. The van der Waals surface area contributed by atoms with E-state index in [2.05, 4.69) is 0 Å². The minimum Gasteiger partial charge on any atom is -0.251 e. The van der Waals surface area contributed by atoms with E-state index in [9.17, 15) is 24.3 Å². The Balaban J connectivity index is 4.06. The molecule has 1 unspecified atom stereocenters. The van der Waals surface area contributed by atoms with Crippen molar-refractivity contribution in [3.8, 4) is 0 Å². The van der Waals surface area contributed by atoms with Crippen LogP contribution in [0.4, 0.5) is 24.3 Å². The molecule has 0 aliphatic carbocycles. The lowest BCUT2D eigenvalue weighted by molar-refractivity contribution is 0.308. The predicted octanol–water partition coefficient (Wildman–Crippen LogP) is 3.25. The molecular formula is C3H6F6S. The van der Waals surface area contributed by atoms with Crippen LogP contribution in [-0.4, -0.2) is 12.2 Å². The molecule has 0 aromatic heterocycles. The zero-order chi connectivity index (χ0) is 8.44. The summed E-state index contributed by atoms with van der Waals surface area (Å²) in [5.74, 6) is 0. The lowest BCUT2D eigenvalue weighted by Crippen LogP contribution is -2.10. The molecule has 7 heteroatoms. The third-order valence-electron chi connectivity index (χ3n) is 0.771. The highest BCUT2D eigenvalue weighted by molar-refractivity contribution is 8.33. The Bertz CT molecular complexity index is 107. The number of alkyl halides is 2. The van der Waals surface area contributed by atoms with Gasteiger partial charge in [0.2, 0.25) is 5.50 Å². The van der Waals surface area contributed by atoms with Crippen LogP contribution in [0.2, 0.25) is 0 Å². The SMILES string of the molecule is FCCC(F)[SH](F)(F)(F)F. The van der Waals surface area contributed by atoms with Crippen LogP contribution in [-0.2, 0) is 0 Å². The van der Waals surface area contributed by atoms with Gasteiger partial charge in [0.15, 0.2) is 10.7 Å². The van der Waals surface area contributed by atoms with Crippen LogP contribution in [0.3, 0.4) is 0 Å². The standard InChI is InChI=1S/C3H6F6S/c4-2-1-3(5)10(6,7,8)9/h3,10H,1-2H2. The van der Waals surface area contributed by atoms with Gasteiger partial charge in [0.05, 0.1) is 6.67 Å². The van der Waals surface area contributed by atoms with Crippen molar-refractivity contribution in [3.63, 3.8) is 0 Å². The zero-order valence-electron chi connectivity index (χ0n) is 4.71. The van der Waals surface area contributed by atoms with Gasteiger partial charge in [-0.1, -0.05) is 0 Å². The van der Waals surface area contributed by atoms with Crippen molar-refractivity contribution in [1.82, 2.24) is 0 Å². The quantitative estimate of drug-likeness (QED) is 0.510. The number of halogens is 6. The fraction of sp³-hybridized carbons (Fsp3) is 1.00. The maximum absolute atomic E-state index is 11.6. The van der Waals surface area contributed by atoms with Gasteiger partial charge in [0.1, 0.15) is 0 Å². The van der Waals surface area contributed by atoms with Crippen molar-refractivity contribution in [2.75, 3.05) is 6.67 Å². The molecule has 0 saturated heterocycles. The Morgan fingerprint density at radius 1 is 1.10 bits per heavy atom. The Hall–Kier alpha value is -0.0700. The average Bonchev–Trinajstić information content (AvgIpc) is 1.62. The van der Waals surface area contributed by atoms with E-state index in [-0.39, 0.29) is 0 Å². The minimum atomic E-state index is -8.14. The zero-order valence-corrected chi connectivity index (χ0v) is 5.60. The largest absolute Gasteiger partial charge is 0.251 e. The van der Waals surface area contributed by atoms with E-state index in [1.165, 1.54) is 0 Å². The summed E-state index contributed by atoms with van der Waals surface area (Å²) in [7, 11) is -8.14. The molecule has 0 amide bonds. The van der Waals surface area contributed by atoms with Gasteiger partial charge in [0, 0.05) is 6.42 Å². The highest BCUT2D eigenvalue weighted by atomic mass is 32.4. The maximum Gasteiger partial charge on any atom is 0.209 e. The van der Waals surface area contributed by atoms with Gasteiger partial charge in [-0.05, 0) is 0 Å². The van der Waals surface area contributed by atoms with Gasteiger partial charge in [-0.15, -0.1) is 15.5 Å². The number of hydrogen-bond donors (Lipinski definition) is 1. The fourth-order valence-electron chi connectivity index (χ4n) is 0.285. The molecule has 0 saturated carbocycles. The van der Waals surface area contributed by atoms with Crippen LogP contribution in [0.5, 0.6) is 0 Å². The van der Waals surface area contributed by atoms with Crippen molar-refractivity contribution in [2.24, 2.45) is 0 Å². The molecule has 0 rings (SSSR count). The molecule has 0 radical (unpaired) electrons. The van der Waals surface area contributed by atoms with Crippen molar-refractivity contribution >= 4 is 10.7 Å². The molecule has 0 aliphatic rings. The lowest BCUT2D eigenvalue weighted by atomic mass is 10.5. The molecule has 0 fully saturated rings. The first-order chi connectivity index (χ1) is 4.24. The van der Waals surface area contributed by atoms with Crippen LogP contribution < -0.4 is 0 Å². The van der Waals surface area contributed by atoms with E-state index in [1.807, 2.05) is 0 Å². The van der Waals surface area contributed by atoms with Crippen LogP contribution in [0.15, 0.2) is 0 Å². The van der Waals surface area contributed by atoms with Gasteiger partial charge in [-0.2, -0.15) is 0 Å². The molecular weight excluding hydrogens is 182 g/mol. The van der Waals surface area contributed by atoms with E-state index < -0.39 is 29.3 Å². The van der Waals surface area contributed by atoms with Gasteiger partial charge < -0.3 is 0 Å². The Morgan fingerprint density at radius 2 is 1.50 bits per heavy atom. The maximum atomic E-state index is 11.6. The highest BCUT2D eigenvalue weighted by Gasteiger charge is 2.47. The van der Waals surface area contributed by atoms with Crippen LogP contribution in [0.1, 0.15) is 6.42 Å². The number of thiol groups is 1. The number of rotatable bonds is 3. The molecule has 66 valence electrons. The average molecular weight is 188 g/mol. The second kappa shape index (κ2) is 2.52. The molecule has 0 aromatic carbocycles. The summed E-state index contributed by atoms with van der Waals surface area (Å²) in [5.41, 5.74) is -3.60. The summed E-state index contributed by atoms with van der Waals surface area (Å²) in [4.78, 5) is 0. The topological polar surface area (TPSA) is 0 Å². The van der Waals surface area contributed by atoms with E-state index in [0.29, 0.717) is 0 Å². The van der Waals surface area contributed by atoms with Crippen LogP contribution >= 0.6 is 10.7 Å². The Kier molecular flexibility index (Phi) is 2.50. The first-order valence-electron chi connectivity index (χ1n) is 2.33. The van der Waals surface area contributed by atoms with E-state index in [1.54, 1.807) is 0 Å². The summed E-state index contributed by atoms with van der Waals surface area (Å²) in [6, 6.07) is 0. The normalized spacial score (nSPS) is 19.6. The summed E-state index contributed by atoms with van der Waals surface area (Å²) in [5, 5.41) is 0. The molecule has 10 heavy (non-hydrogen) atoms. The van der Waals surface area contributed by atoms with Crippen molar-refractivity contribution in [3.05, 3.63) is 0 Å². The molecule has 0 N–H and O–H groups in total. The van der Waals surface area contributed by atoms with E-state index in [4.69, 9.17) is 0 Å². The van der Waals surface area contributed by atoms with Gasteiger partial charge in [-0.25, -0.2) is 4.39 Å². The van der Waals surface area contributed by atoms with Gasteiger partial charge in [-0.3, -0.25) is 4.39 Å². The minimum absolute atomic E-state index is 1.43. The van der Waals surface area contributed by atoms with Gasteiger partial charge in [0.25, 0.3) is 0 Å². The number of hydrogen-bond acceptors (Lipinski definition) is 0. The molecule has 0 bridgehead atoms. The predicted molar refractivity (Wildman–Crippen MR) is 28.9 cm³/mol. The molecule has 1 atom stereocenters. The van der Waals surface area contributed by atoms with Crippen molar-refractivity contribution in [2.45, 2.75) is 11.9 Å². The van der Waals surface area contributed by atoms with E-state index in [0.717, 1.165) is 0 Å². The Morgan fingerprint density at radius 3 is 1.60 bits per heavy atom. The summed E-state index contributed by atoms with van der Waals surface area (Å²) in [6.07, 6.45) is -1.43.